The highest BCUT2D eigenvalue weighted by Gasteiger charge is 2.14. The molecule has 4 aromatic rings. The molecule has 0 amide bonds. The molecule has 4 rings (SSSR count). The van der Waals surface area contributed by atoms with Crippen LogP contribution in [0.5, 0.6) is 17.2 Å². The fraction of sp³-hybridized carbons (Fsp3) is 0.250. The van der Waals surface area contributed by atoms with Gasteiger partial charge in [-0.3, -0.25) is 0 Å². The predicted molar refractivity (Wildman–Crippen MR) is 126 cm³/mol. The van der Waals surface area contributed by atoms with Gasteiger partial charge < -0.3 is 23.3 Å². The van der Waals surface area contributed by atoms with Crippen molar-refractivity contribution in [1.29, 1.82) is 0 Å². The molecule has 7 nitrogen and oxygen atoms in total. The molecule has 0 atom stereocenters. The number of hydrogen-bond acceptors (Lipinski definition) is 6. The first-order valence-electron chi connectivity index (χ1n) is 10.3. The molecule has 32 heavy (non-hydrogen) atoms. The van der Waals surface area contributed by atoms with Crippen molar-refractivity contribution in [3.8, 4) is 28.5 Å². The fourth-order valence-electron chi connectivity index (χ4n) is 3.52. The summed E-state index contributed by atoms with van der Waals surface area (Å²) < 4.78 is 20.9. The maximum absolute atomic E-state index is 5.67. The van der Waals surface area contributed by atoms with Crippen LogP contribution in [0.4, 0.5) is 5.69 Å². The fourth-order valence-corrected chi connectivity index (χ4v) is 4.46. The van der Waals surface area contributed by atoms with Gasteiger partial charge in [0.15, 0.2) is 4.80 Å². The van der Waals surface area contributed by atoms with Gasteiger partial charge in [-0.05, 0) is 30.7 Å². The number of aromatic nitrogens is 3. The number of rotatable bonds is 9. The Labute approximate surface area is 191 Å². The number of aryl methyl sites for hydroxylation is 1. The van der Waals surface area contributed by atoms with Crippen molar-refractivity contribution in [3.63, 3.8) is 0 Å². The largest absolute Gasteiger partial charge is 0.497 e. The van der Waals surface area contributed by atoms with Gasteiger partial charge in [0.25, 0.3) is 0 Å². The average molecular weight is 451 g/mol. The van der Waals surface area contributed by atoms with Crippen LogP contribution in [0.3, 0.4) is 0 Å². The van der Waals surface area contributed by atoms with Crippen molar-refractivity contribution >= 4 is 17.0 Å². The number of benzene rings is 2. The summed E-state index contributed by atoms with van der Waals surface area (Å²) in [7, 11) is 4.99. The number of nitrogens with zero attached hydrogens (tertiary/aromatic N) is 4. The standard InChI is InChI=1S/C24H26N4O3S/c1-29-18-9-10-19(23(15-18)31-3)21-16-32-24(26-20-7-4-5-8-22(20)30-2)28(21)13-6-12-27-14-11-25-17-27/h4-5,7-11,14-17H,6,12-13H2,1-3H3. The predicted octanol–water partition coefficient (Wildman–Crippen LogP) is 4.76. The molecule has 166 valence electrons. The van der Waals surface area contributed by atoms with Crippen molar-refractivity contribution in [2.45, 2.75) is 19.5 Å². The number of imidazole rings is 1. The summed E-state index contributed by atoms with van der Waals surface area (Å²) in [5.41, 5.74) is 2.84. The van der Waals surface area contributed by atoms with E-state index in [0.29, 0.717) is 0 Å². The number of hydrogen-bond donors (Lipinski definition) is 0. The second-order valence-electron chi connectivity index (χ2n) is 7.06. The lowest BCUT2D eigenvalue weighted by Gasteiger charge is -2.14. The summed E-state index contributed by atoms with van der Waals surface area (Å²) >= 11 is 1.60. The van der Waals surface area contributed by atoms with Crippen LogP contribution in [-0.4, -0.2) is 35.4 Å². The van der Waals surface area contributed by atoms with Gasteiger partial charge in [0, 0.05) is 42.5 Å². The molecule has 2 heterocycles. The van der Waals surface area contributed by atoms with Gasteiger partial charge >= 0.3 is 0 Å². The Morgan fingerprint density at radius 1 is 0.969 bits per heavy atom. The first-order chi connectivity index (χ1) is 15.7. The summed E-state index contributed by atoms with van der Waals surface area (Å²) in [4.78, 5) is 9.96. The van der Waals surface area contributed by atoms with Crippen LogP contribution in [0, 0.1) is 0 Å². The van der Waals surface area contributed by atoms with Crippen LogP contribution in [0.15, 0.2) is 71.6 Å². The lowest BCUT2D eigenvalue weighted by Crippen LogP contribution is -2.17. The first-order valence-corrected chi connectivity index (χ1v) is 11.2. The van der Waals surface area contributed by atoms with Crippen molar-refractivity contribution in [2.75, 3.05) is 21.3 Å². The molecule has 8 heteroatoms. The van der Waals surface area contributed by atoms with Crippen LogP contribution in [0.2, 0.25) is 0 Å². The van der Waals surface area contributed by atoms with E-state index in [-0.39, 0.29) is 0 Å². The molecule has 0 radical (unpaired) electrons. The van der Waals surface area contributed by atoms with Gasteiger partial charge in [-0.1, -0.05) is 12.1 Å². The lowest BCUT2D eigenvalue weighted by atomic mass is 10.1. The van der Waals surface area contributed by atoms with Gasteiger partial charge in [-0.2, -0.15) is 0 Å². The third-order valence-electron chi connectivity index (χ3n) is 5.14. The van der Waals surface area contributed by atoms with E-state index in [4.69, 9.17) is 19.2 Å². The molecular formula is C24H26N4O3S. The SMILES string of the molecule is COc1ccc(-c2csc(=Nc3ccccc3OC)n2CCCn2ccnc2)c(OC)c1. The summed E-state index contributed by atoms with van der Waals surface area (Å²) in [6, 6.07) is 13.7. The van der Waals surface area contributed by atoms with E-state index in [2.05, 4.69) is 19.5 Å². The molecule has 0 saturated heterocycles. The van der Waals surface area contributed by atoms with Crippen LogP contribution >= 0.6 is 11.3 Å². The van der Waals surface area contributed by atoms with Gasteiger partial charge in [0.1, 0.15) is 22.9 Å². The van der Waals surface area contributed by atoms with E-state index in [1.165, 1.54) is 0 Å². The smallest absolute Gasteiger partial charge is 0.190 e. The second-order valence-corrected chi connectivity index (χ2v) is 7.90. The Morgan fingerprint density at radius 2 is 1.81 bits per heavy atom. The molecule has 2 aromatic heterocycles. The van der Waals surface area contributed by atoms with Crippen molar-refractivity contribution in [1.82, 2.24) is 14.1 Å². The molecular weight excluding hydrogens is 424 g/mol. The molecule has 0 fully saturated rings. The van der Waals surface area contributed by atoms with Gasteiger partial charge in [-0.15, -0.1) is 11.3 Å². The quantitative estimate of drug-likeness (QED) is 0.369. The van der Waals surface area contributed by atoms with Crippen LogP contribution in [-0.2, 0) is 13.1 Å². The van der Waals surface area contributed by atoms with E-state index in [9.17, 15) is 0 Å². The van der Waals surface area contributed by atoms with E-state index < -0.39 is 0 Å². The summed E-state index contributed by atoms with van der Waals surface area (Å²) in [5.74, 6) is 2.26. The molecule has 0 aliphatic carbocycles. The molecule has 0 spiro atoms. The molecule has 0 N–H and O–H groups in total. The minimum Gasteiger partial charge on any atom is -0.497 e. The Bertz CT molecular complexity index is 1230. The number of methoxy groups -OCH3 is 3. The van der Waals surface area contributed by atoms with Crippen LogP contribution in [0.1, 0.15) is 6.42 Å². The monoisotopic (exact) mass is 450 g/mol. The zero-order valence-corrected chi connectivity index (χ0v) is 19.2. The van der Waals surface area contributed by atoms with Crippen molar-refractivity contribution in [2.24, 2.45) is 4.99 Å². The lowest BCUT2D eigenvalue weighted by molar-refractivity contribution is 0.395. The highest BCUT2D eigenvalue weighted by Crippen LogP contribution is 2.34. The molecule has 0 aliphatic rings. The van der Waals surface area contributed by atoms with Crippen molar-refractivity contribution < 1.29 is 14.2 Å². The second kappa shape index (κ2) is 10.2. The Morgan fingerprint density at radius 3 is 2.56 bits per heavy atom. The zero-order chi connectivity index (χ0) is 22.3. The minimum atomic E-state index is 0.745. The minimum absolute atomic E-state index is 0.745. The summed E-state index contributed by atoms with van der Waals surface area (Å²) in [5, 5.41) is 2.12. The third kappa shape index (κ3) is 4.70. The maximum Gasteiger partial charge on any atom is 0.190 e. The van der Waals surface area contributed by atoms with Crippen LogP contribution < -0.4 is 19.0 Å². The third-order valence-corrected chi connectivity index (χ3v) is 6.00. The summed E-state index contributed by atoms with van der Waals surface area (Å²) in [6.07, 6.45) is 6.54. The maximum atomic E-state index is 5.67. The van der Waals surface area contributed by atoms with E-state index in [1.54, 1.807) is 38.9 Å². The Kier molecular flexibility index (Phi) is 6.91. The van der Waals surface area contributed by atoms with E-state index >= 15 is 0 Å². The summed E-state index contributed by atoms with van der Waals surface area (Å²) in [6.45, 7) is 1.66. The Balaban J connectivity index is 1.77. The zero-order valence-electron chi connectivity index (χ0n) is 18.4. The number of para-hydroxylation sites is 2. The van der Waals surface area contributed by atoms with Gasteiger partial charge in [0.2, 0.25) is 0 Å². The number of thiazole rings is 1. The normalized spacial score (nSPS) is 11.5. The van der Waals surface area contributed by atoms with Crippen LogP contribution in [0.25, 0.3) is 11.3 Å². The molecule has 0 saturated carbocycles. The topological polar surface area (TPSA) is 62.8 Å². The molecule has 0 bridgehead atoms. The van der Waals surface area contributed by atoms with E-state index in [1.807, 2.05) is 55.0 Å². The van der Waals surface area contributed by atoms with Gasteiger partial charge in [0.05, 0.1) is 33.4 Å². The molecule has 2 aromatic carbocycles. The highest BCUT2D eigenvalue weighted by molar-refractivity contribution is 7.07. The Hall–Kier alpha value is -3.52. The number of ether oxygens (including phenoxy) is 3. The van der Waals surface area contributed by atoms with Crippen molar-refractivity contribution in [3.05, 3.63) is 71.4 Å². The molecule has 0 unspecified atom stereocenters. The average Bonchev–Trinajstić information content (AvgIpc) is 3.49. The highest BCUT2D eigenvalue weighted by atomic mass is 32.1. The molecule has 0 aliphatic heterocycles. The van der Waals surface area contributed by atoms with Gasteiger partial charge in [-0.25, -0.2) is 9.98 Å². The first kappa shape index (κ1) is 21.7. The van der Waals surface area contributed by atoms with E-state index in [0.717, 1.165) is 58.5 Å².